The number of ether oxygens (including phenoxy) is 2. The van der Waals surface area contributed by atoms with Gasteiger partial charge in [-0.1, -0.05) is 0 Å². The molecule has 3 aromatic rings. The van der Waals surface area contributed by atoms with Crippen LogP contribution in [0.25, 0.3) is 10.6 Å². The third-order valence-corrected chi connectivity index (χ3v) is 5.77. The molecule has 8 heteroatoms. The molecule has 0 spiro atoms. The van der Waals surface area contributed by atoms with Gasteiger partial charge in [-0.3, -0.25) is 9.59 Å². The smallest absolute Gasteiger partial charge is 0.275 e. The number of nitrogens with zero attached hydrogens (tertiary/aromatic N) is 2. The summed E-state index contributed by atoms with van der Waals surface area (Å²) < 4.78 is 10.6. The third kappa shape index (κ3) is 3.99. The fraction of sp³-hybridized carbons (Fsp3) is 0.227. The SMILES string of the molecule is COc1ccc(-c2nc(C(=O)Nc3ccc(N4CCCC4=O)cc3)cs2)cc1OC. The normalized spacial score (nSPS) is 13.4. The van der Waals surface area contributed by atoms with Crippen molar-refractivity contribution >= 4 is 34.5 Å². The highest BCUT2D eigenvalue weighted by molar-refractivity contribution is 7.13. The topological polar surface area (TPSA) is 80.8 Å². The van der Waals surface area contributed by atoms with Crippen LogP contribution in [-0.4, -0.2) is 37.6 Å². The van der Waals surface area contributed by atoms with E-state index in [1.807, 2.05) is 30.3 Å². The minimum absolute atomic E-state index is 0.136. The average molecular weight is 423 g/mol. The van der Waals surface area contributed by atoms with E-state index in [1.165, 1.54) is 11.3 Å². The van der Waals surface area contributed by atoms with E-state index in [-0.39, 0.29) is 11.8 Å². The van der Waals surface area contributed by atoms with Gasteiger partial charge in [0.05, 0.1) is 14.2 Å². The molecule has 154 valence electrons. The van der Waals surface area contributed by atoms with Crippen molar-refractivity contribution in [3.8, 4) is 22.1 Å². The standard InChI is InChI=1S/C22H21N3O4S/c1-28-18-10-5-14(12-19(18)29-2)22-24-17(13-30-22)21(27)23-15-6-8-16(9-7-15)25-11-3-4-20(25)26/h5-10,12-13H,3-4,11H2,1-2H3,(H,23,27). The van der Waals surface area contributed by atoms with Crippen molar-refractivity contribution in [1.82, 2.24) is 4.98 Å². The Balaban J connectivity index is 1.46. The van der Waals surface area contributed by atoms with Gasteiger partial charge >= 0.3 is 0 Å². The second-order valence-electron chi connectivity index (χ2n) is 6.76. The van der Waals surface area contributed by atoms with E-state index in [9.17, 15) is 9.59 Å². The lowest BCUT2D eigenvalue weighted by Gasteiger charge is -2.16. The summed E-state index contributed by atoms with van der Waals surface area (Å²) in [5, 5.41) is 5.28. The van der Waals surface area contributed by atoms with Crippen LogP contribution in [0.3, 0.4) is 0 Å². The maximum Gasteiger partial charge on any atom is 0.275 e. The Bertz CT molecular complexity index is 1080. The van der Waals surface area contributed by atoms with Crippen molar-refractivity contribution < 1.29 is 19.1 Å². The highest BCUT2D eigenvalue weighted by atomic mass is 32.1. The lowest BCUT2D eigenvalue weighted by atomic mass is 10.2. The Hall–Kier alpha value is -3.39. The zero-order valence-corrected chi connectivity index (χ0v) is 17.5. The number of amides is 2. The Morgan fingerprint density at radius 3 is 2.53 bits per heavy atom. The van der Waals surface area contributed by atoms with Crippen molar-refractivity contribution in [3.63, 3.8) is 0 Å². The molecule has 0 bridgehead atoms. The van der Waals surface area contributed by atoms with E-state index < -0.39 is 0 Å². The van der Waals surface area contributed by atoms with Crippen LogP contribution in [0.5, 0.6) is 11.5 Å². The van der Waals surface area contributed by atoms with Gasteiger partial charge in [0.15, 0.2) is 11.5 Å². The van der Waals surface area contributed by atoms with Crippen molar-refractivity contribution in [3.05, 3.63) is 53.5 Å². The fourth-order valence-corrected chi connectivity index (χ4v) is 4.12. The molecule has 4 rings (SSSR count). The van der Waals surface area contributed by atoms with E-state index in [1.54, 1.807) is 36.6 Å². The van der Waals surface area contributed by atoms with Gasteiger partial charge < -0.3 is 19.7 Å². The molecule has 2 amide bonds. The minimum Gasteiger partial charge on any atom is -0.493 e. The summed E-state index contributed by atoms with van der Waals surface area (Å²) in [5.74, 6) is 1.09. The zero-order valence-electron chi connectivity index (χ0n) is 16.7. The number of hydrogen-bond acceptors (Lipinski definition) is 6. The van der Waals surface area contributed by atoms with Crippen LogP contribution in [0.1, 0.15) is 23.3 Å². The molecule has 2 aromatic carbocycles. The molecule has 1 aliphatic heterocycles. The molecule has 0 radical (unpaired) electrons. The average Bonchev–Trinajstić information content (AvgIpc) is 3.43. The Morgan fingerprint density at radius 1 is 1.10 bits per heavy atom. The van der Waals surface area contributed by atoms with Gasteiger partial charge in [-0.05, 0) is 48.9 Å². The molecular weight excluding hydrogens is 402 g/mol. The first-order chi connectivity index (χ1) is 14.6. The predicted molar refractivity (Wildman–Crippen MR) is 117 cm³/mol. The van der Waals surface area contributed by atoms with E-state index in [0.29, 0.717) is 34.3 Å². The van der Waals surface area contributed by atoms with E-state index in [4.69, 9.17) is 9.47 Å². The number of carbonyl (C=O) groups excluding carboxylic acids is 2. The number of methoxy groups -OCH3 is 2. The van der Waals surface area contributed by atoms with Crippen LogP contribution in [0.15, 0.2) is 47.8 Å². The molecule has 30 heavy (non-hydrogen) atoms. The second-order valence-corrected chi connectivity index (χ2v) is 7.62. The number of hydrogen-bond donors (Lipinski definition) is 1. The van der Waals surface area contributed by atoms with Crippen LogP contribution in [0.2, 0.25) is 0 Å². The molecule has 0 aliphatic carbocycles. The quantitative estimate of drug-likeness (QED) is 0.643. The molecule has 1 N–H and O–H groups in total. The molecule has 2 heterocycles. The number of aromatic nitrogens is 1. The number of anilines is 2. The van der Waals surface area contributed by atoms with Crippen molar-refractivity contribution in [1.29, 1.82) is 0 Å². The lowest BCUT2D eigenvalue weighted by molar-refractivity contribution is -0.117. The first-order valence-electron chi connectivity index (χ1n) is 9.49. The fourth-order valence-electron chi connectivity index (χ4n) is 3.32. The van der Waals surface area contributed by atoms with Gasteiger partial charge in [-0.15, -0.1) is 11.3 Å². The molecule has 0 saturated carbocycles. The number of benzene rings is 2. The summed E-state index contributed by atoms with van der Waals surface area (Å²) in [7, 11) is 3.16. The molecule has 1 aromatic heterocycles. The van der Waals surface area contributed by atoms with Crippen LogP contribution in [0.4, 0.5) is 11.4 Å². The summed E-state index contributed by atoms with van der Waals surface area (Å²) in [6, 6.07) is 12.8. The lowest BCUT2D eigenvalue weighted by Crippen LogP contribution is -2.23. The summed E-state index contributed by atoms with van der Waals surface area (Å²) in [6.45, 7) is 0.738. The van der Waals surface area contributed by atoms with Gasteiger partial charge in [0.2, 0.25) is 5.91 Å². The maximum atomic E-state index is 12.6. The van der Waals surface area contributed by atoms with Crippen LogP contribution >= 0.6 is 11.3 Å². The molecule has 0 unspecified atom stereocenters. The maximum absolute atomic E-state index is 12.6. The van der Waals surface area contributed by atoms with Gasteiger partial charge in [0.25, 0.3) is 5.91 Å². The molecule has 1 aliphatic rings. The summed E-state index contributed by atoms with van der Waals surface area (Å²) in [6.07, 6.45) is 1.47. The second kappa shape index (κ2) is 8.54. The number of thiazole rings is 1. The molecular formula is C22H21N3O4S. The minimum atomic E-state index is -0.289. The van der Waals surface area contributed by atoms with Crippen molar-refractivity contribution in [2.75, 3.05) is 31.0 Å². The monoisotopic (exact) mass is 423 g/mol. The highest BCUT2D eigenvalue weighted by Gasteiger charge is 2.21. The molecule has 0 atom stereocenters. The third-order valence-electron chi connectivity index (χ3n) is 4.88. The molecule has 1 fully saturated rings. The van der Waals surface area contributed by atoms with E-state index in [0.717, 1.165) is 24.2 Å². The Labute approximate surface area is 178 Å². The number of nitrogens with one attached hydrogen (secondary N) is 1. The van der Waals surface area contributed by atoms with Crippen LogP contribution in [0, 0.1) is 0 Å². The van der Waals surface area contributed by atoms with E-state index in [2.05, 4.69) is 10.3 Å². The van der Waals surface area contributed by atoms with E-state index >= 15 is 0 Å². The summed E-state index contributed by atoms with van der Waals surface area (Å²) >= 11 is 1.38. The zero-order chi connectivity index (χ0) is 21.1. The predicted octanol–water partition coefficient (Wildman–Crippen LogP) is 4.21. The van der Waals surface area contributed by atoms with Crippen LogP contribution < -0.4 is 19.7 Å². The molecule has 1 saturated heterocycles. The van der Waals surface area contributed by atoms with Gasteiger partial charge in [-0.25, -0.2) is 4.98 Å². The van der Waals surface area contributed by atoms with Crippen LogP contribution in [-0.2, 0) is 4.79 Å². The highest BCUT2D eigenvalue weighted by Crippen LogP contribution is 2.33. The van der Waals surface area contributed by atoms with Crippen molar-refractivity contribution in [2.24, 2.45) is 0 Å². The summed E-state index contributed by atoms with van der Waals surface area (Å²) in [4.78, 5) is 30.7. The number of carbonyl (C=O) groups is 2. The van der Waals surface area contributed by atoms with Crippen molar-refractivity contribution in [2.45, 2.75) is 12.8 Å². The number of rotatable bonds is 6. The first-order valence-corrected chi connectivity index (χ1v) is 10.4. The summed E-state index contributed by atoms with van der Waals surface area (Å²) in [5.41, 5.74) is 2.68. The molecule has 7 nitrogen and oxygen atoms in total. The Kier molecular flexibility index (Phi) is 5.67. The Morgan fingerprint density at radius 2 is 1.87 bits per heavy atom. The largest absolute Gasteiger partial charge is 0.493 e. The van der Waals surface area contributed by atoms with Gasteiger partial charge in [0.1, 0.15) is 10.7 Å². The first kappa shape index (κ1) is 19.9. The van der Waals surface area contributed by atoms with Gasteiger partial charge in [-0.2, -0.15) is 0 Å². The van der Waals surface area contributed by atoms with Gasteiger partial charge in [0, 0.05) is 35.3 Å².